The molecule has 2 saturated heterocycles. The Hall–Kier alpha value is -3.10. The molecule has 5 heterocycles. The SMILES string of the molecule is O=c1[nH]c(N2CCC3(CCCN3)C2)ccc1-n1ccc(OCc2ccc(Cl)cn2)cc1=O. The van der Waals surface area contributed by atoms with Gasteiger partial charge in [-0.2, -0.15) is 0 Å². The van der Waals surface area contributed by atoms with E-state index in [1.807, 2.05) is 6.07 Å². The molecule has 3 aromatic heterocycles. The topological polar surface area (TPSA) is 92.2 Å². The van der Waals surface area contributed by atoms with Crippen LogP contribution in [0.5, 0.6) is 5.75 Å². The summed E-state index contributed by atoms with van der Waals surface area (Å²) in [5, 5.41) is 4.17. The van der Waals surface area contributed by atoms with Gasteiger partial charge in [0.25, 0.3) is 11.1 Å². The second-order valence-corrected chi connectivity index (χ2v) is 8.80. The third-order valence-corrected chi connectivity index (χ3v) is 6.45. The van der Waals surface area contributed by atoms with Crippen LogP contribution in [0, 0.1) is 0 Å². The van der Waals surface area contributed by atoms with Crippen molar-refractivity contribution in [3.8, 4) is 11.4 Å². The first-order valence-electron chi connectivity index (χ1n) is 10.7. The van der Waals surface area contributed by atoms with Gasteiger partial charge in [0.15, 0.2) is 0 Å². The number of pyridine rings is 3. The molecule has 0 radical (unpaired) electrons. The molecule has 2 aliphatic heterocycles. The van der Waals surface area contributed by atoms with E-state index in [4.69, 9.17) is 16.3 Å². The van der Waals surface area contributed by atoms with Gasteiger partial charge in [0, 0.05) is 37.1 Å². The van der Waals surface area contributed by atoms with E-state index < -0.39 is 0 Å². The molecule has 0 aliphatic carbocycles. The lowest BCUT2D eigenvalue weighted by molar-refractivity contribution is 0.300. The highest BCUT2D eigenvalue weighted by Crippen LogP contribution is 2.32. The number of H-pyrrole nitrogens is 1. The van der Waals surface area contributed by atoms with Gasteiger partial charge in [-0.1, -0.05) is 11.6 Å². The summed E-state index contributed by atoms with van der Waals surface area (Å²) in [4.78, 5) is 34.7. The van der Waals surface area contributed by atoms with Crippen molar-refractivity contribution in [1.82, 2.24) is 19.9 Å². The molecule has 1 unspecified atom stereocenters. The monoisotopic (exact) mass is 453 g/mol. The molecule has 32 heavy (non-hydrogen) atoms. The molecular formula is C23H24ClN5O3. The standard InChI is InChI=1S/C23H24ClN5O3/c24-16-2-3-17(25-13-16)14-32-18-6-10-29(21(30)12-18)19-4-5-20(27-22(19)31)28-11-8-23(15-28)7-1-9-26-23/h2-6,10,12-13,26H,1,7-9,11,14-15H2,(H,27,31). The van der Waals surface area contributed by atoms with Crippen LogP contribution in [0.25, 0.3) is 5.69 Å². The Bertz CT molecular complexity index is 1230. The first-order valence-corrected chi connectivity index (χ1v) is 11.1. The van der Waals surface area contributed by atoms with Crippen molar-refractivity contribution >= 4 is 17.4 Å². The van der Waals surface area contributed by atoms with E-state index in [1.54, 1.807) is 36.7 Å². The minimum atomic E-state index is -0.347. The molecule has 2 aliphatic rings. The predicted octanol–water partition coefficient (Wildman–Crippen LogP) is 2.49. The van der Waals surface area contributed by atoms with Crippen molar-refractivity contribution in [3.05, 3.63) is 80.2 Å². The van der Waals surface area contributed by atoms with E-state index in [1.165, 1.54) is 23.5 Å². The van der Waals surface area contributed by atoms with Crippen molar-refractivity contribution < 1.29 is 4.74 Å². The van der Waals surface area contributed by atoms with Crippen LogP contribution in [-0.4, -0.2) is 39.7 Å². The zero-order valence-electron chi connectivity index (χ0n) is 17.5. The Kier molecular flexibility index (Phi) is 5.48. The number of nitrogens with one attached hydrogen (secondary N) is 2. The molecule has 166 valence electrons. The molecule has 0 aromatic carbocycles. The fourth-order valence-electron chi connectivity index (χ4n) is 4.52. The number of aromatic nitrogens is 3. The summed E-state index contributed by atoms with van der Waals surface area (Å²) in [7, 11) is 0. The number of hydrogen-bond donors (Lipinski definition) is 2. The van der Waals surface area contributed by atoms with Gasteiger partial charge in [-0.3, -0.25) is 19.1 Å². The zero-order chi connectivity index (χ0) is 22.1. The summed E-state index contributed by atoms with van der Waals surface area (Å²) in [6.07, 6.45) is 6.53. The van der Waals surface area contributed by atoms with E-state index in [0.29, 0.717) is 16.5 Å². The zero-order valence-corrected chi connectivity index (χ0v) is 18.3. The van der Waals surface area contributed by atoms with Gasteiger partial charge >= 0.3 is 0 Å². The van der Waals surface area contributed by atoms with E-state index in [-0.39, 0.29) is 29.0 Å². The third kappa shape index (κ3) is 4.16. The first-order chi connectivity index (χ1) is 15.5. The second-order valence-electron chi connectivity index (χ2n) is 8.37. The summed E-state index contributed by atoms with van der Waals surface area (Å²) in [6.45, 7) is 3.05. The second kappa shape index (κ2) is 8.44. The minimum absolute atomic E-state index is 0.170. The molecule has 2 fully saturated rings. The van der Waals surface area contributed by atoms with Crippen molar-refractivity contribution in [3.63, 3.8) is 0 Å². The van der Waals surface area contributed by atoms with Gasteiger partial charge in [0.2, 0.25) is 0 Å². The Labute approximate surface area is 189 Å². The molecule has 1 atom stereocenters. The number of ether oxygens (including phenoxy) is 1. The lowest BCUT2D eigenvalue weighted by atomic mass is 9.97. The van der Waals surface area contributed by atoms with Crippen LogP contribution < -0.4 is 26.1 Å². The number of hydrogen-bond acceptors (Lipinski definition) is 6. The Balaban J connectivity index is 1.30. The molecule has 5 rings (SSSR count). The van der Waals surface area contributed by atoms with Crippen LogP contribution >= 0.6 is 11.6 Å². The van der Waals surface area contributed by atoms with Gasteiger partial charge in [0.05, 0.1) is 10.7 Å². The lowest BCUT2D eigenvalue weighted by Crippen LogP contribution is -2.42. The van der Waals surface area contributed by atoms with E-state index in [9.17, 15) is 9.59 Å². The van der Waals surface area contributed by atoms with Crippen LogP contribution in [0.3, 0.4) is 0 Å². The normalized spacial score (nSPS) is 20.2. The van der Waals surface area contributed by atoms with Gasteiger partial charge < -0.3 is 19.9 Å². The number of halogens is 1. The van der Waals surface area contributed by atoms with Crippen LogP contribution in [-0.2, 0) is 6.61 Å². The molecular weight excluding hydrogens is 430 g/mol. The number of anilines is 1. The average Bonchev–Trinajstić information content (AvgIpc) is 3.43. The molecule has 2 N–H and O–H groups in total. The van der Waals surface area contributed by atoms with Crippen molar-refractivity contribution in [1.29, 1.82) is 0 Å². The Morgan fingerprint density at radius 2 is 2.06 bits per heavy atom. The molecule has 0 amide bonds. The maximum atomic E-state index is 12.8. The smallest absolute Gasteiger partial charge is 0.273 e. The van der Waals surface area contributed by atoms with Crippen molar-refractivity contribution in [2.45, 2.75) is 31.4 Å². The lowest BCUT2D eigenvalue weighted by Gasteiger charge is -2.25. The summed E-state index contributed by atoms with van der Waals surface area (Å²) in [6, 6.07) is 10.1. The highest BCUT2D eigenvalue weighted by molar-refractivity contribution is 6.30. The molecule has 8 nitrogen and oxygen atoms in total. The summed E-state index contributed by atoms with van der Waals surface area (Å²) in [5.74, 6) is 1.19. The first kappa shape index (κ1) is 20.8. The fourth-order valence-corrected chi connectivity index (χ4v) is 4.64. The number of rotatable bonds is 5. The van der Waals surface area contributed by atoms with E-state index >= 15 is 0 Å². The minimum Gasteiger partial charge on any atom is -0.487 e. The van der Waals surface area contributed by atoms with Crippen molar-refractivity contribution in [2.24, 2.45) is 0 Å². The van der Waals surface area contributed by atoms with E-state index in [2.05, 4.69) is 20.2 Å². The summed E-state index contributed by atoms with van der Waals surface area (Å²) >= 11 is 5.83. The highest BCUT2D eigenvalue weighted by atomic mass is 35.5. The molecule has 1 spiro atoms. The largest absolute Gasteiger partial charge is 0.487 e. The summed E-state index contributed by atoms with van der Waals surface area (Å²) in [5.41, 5.74) is 0.493. The van der Waals surface area contributed by atoms with Crippen molar-refractivity contribution in [2.75, 3.05) is 24.5 Å². The average molecular weight is 454 g/mol. The number of nitrogens with zero attached hydrogens (tertiary/aromatic N) is 3. The maximum Gasteiger partial charge on any atom is 0.273 e. The highest BCUT2D eigenvalue weighted by Gasteiger charge is 2.40. The van der Waals surface area contributed by atoms with Gasteiger partial charge in [0.1, 0.15) is 23.9 Å². The van der Waals surface area contributed by atoms with Crippen LogP contribution in [0.1, 0.15) is 25.0 Å². The number of aromatic amines is 1. The summed E-state index contributed by atoms with van der Waals surface area (Å²) < 4.78 is 6.97. The predicted molar refractivity (Wildman–Crippen MR) is 123 cm³/mol. The van der Waals surface area contributed by atoms with Gasteiger partial charge in [-0.15, -0.1) is 0 Å². The van der Waals surface area contributed by atoms with Gasteiger partial charge in [-0.25, -0.2) is 0 Å². The Morgan fingerprint density at radius 1 is 1.16 bits per heavy atom. The maximum absolute atomic E-state index is 12.8. The van der Waals surface area contributed by atoms with Gasteiger partial charge in [-0.05, 0) is 56.1 Å². The molecule has 0 saturated carbocycles. The van der Waals surface area contributed by atoms with Crippen LogP contribution in [0.4, 0.5) is 5.82 Å². The third-order valence-electron chi connectivity index (χ3n) is 6.23. The van der Waals surface area contributed by atoms with E-state index in [0.717, 1.165) is 31.9 Å². The molecule has 9 heteroatoms. The Morgan fingerprint density at radius 3 is 2.78 bits per heavy atom. The van der Waals surface area contributed by atoms with Crippen LogP contribution in [0.15, 0.2) is 58.4 Å². The fraction of sp³-hybridized carbons (Fsp3) is 0.348. The quantitative estimate of drug-likeness (QED) is 0.616. The van der Waals surface area contributed by atoms with Crippen LogP contribution in [0.2, 0.25) is 5.02 Å². The molecule has 3 aromatic rings. The molecule has 0 bridgehead atoms.